The van der Waals surface area contributed by atoms with Gasteiger partial charge in [-0.05, 0) is 32.0 Å². The minimum absolute atomic E-state index is 0.328. The SMILES string of the molecule is Cc1ccc(Sc2cc(C)nc(N)n2)cc1. The molecule has 2 N–H and O–H groups in total. The number of nitrogen functional groups attached to an aromatic ring is 1. The van der Waals surface area contributed by atoms with Crippen molar-refractivity contribution in [3.05, 3.63) is 41.6 Å². The van der Waals surface area contributed by atoms with Crippen molar-refractivity contribution in [3.63, 3.8) is 0 Å². The average Bonchev–Trinajstić information content (AvgIpc) is 2.20. The van der Waals surface area contributed by atoms with E-state index in [1.54, 1.807) is 11.8 Å². The molecule has 1 aromatic heterocycles. The summed E-state index contributed by atoms with van der Waals surface area (Å²) in [6.45, 7) is 3.98. The summed E-state index contributed by atoms with van der Waals surface area (Å²) in [6, 6.07) is 10.3. The second-order valence-corrected chi connectivity index (χ2v) is 4.71. The number of nitrogens with zero attached hydrogens (tertiary/aromatic N) is 2. The fraction of sp³-hybridized carbons (Fsp3) is 0.167. The molecule has 1 aromatic carbocycles. The molecule has 0 radical (unpaired) electrons. The van der Waals surface area contributed by atoms with Crippen LogP contribution >= 0.6 is 11.8 Å². The molecule has 2 rings (SSSR count). The molecule has 0 fully saturated rings. The van der Waals surface area contributed by atoms with Crippen LogP contribution < -0.4 is 5.73 Å². The van der Waals surface area contributed by atoms with Crippen molar-refractivity contribution in [2.45, 2.75) is 23.8 Å². The van der Waals surface area contributed by atoms with Crippen LogP contribution in [0.3, 0.4) is 0 Å². The summed E-state index contributed by atoms with van der Waals surface area (Å²) in [5.74, 6) is 0.328. The van der Waals surface area contributed by atoms with Crippen molar-refractivity contribution in [1.82, 2.24) is 9.97 Å². The van der Waals surface area contributed by atoms with Crippen LogP contribution in [-0.2, 0) is 0 Å². The van der Waals surface area contributed by atoms with Gasteiger partial charge in [-0.15, -0.1) is 0 Å². The van der Waals surface area contributed by atoms with Gasteiger partial charge in [0, 0.05) is 10.6 Å². The van der Waals surface area contributed by atoms with E-state index in [9.17, 15) is 0 Å². The summed E-state index contributed by atoms with van der Waals surface area (Å²) in [5, 5.41) is 0.883. The van der Waals surface area contributed by atoms with Crippen LogP contribution in [0.2, 0.25) is 0 Å². The summed E-state index contributed by atoms with van der Waals surface area (Å²) >= 11 is 1.59. The van der Waals surface area contributed by atoms with Gasteiger partial charge in [0.2, 0.25) is 5.95 Å². The maximum Gasteiger partial charge on any atom is 0.221 e. The summed E-state index contributed by atoms with van der Waals surface area (Å²) in [4.78, 5) is 9.38. The molecule has 0 spiro atoms. The number of aryl methyl sites for hydroxylation is 2. The van der Waals surface area contributed by atoms with E-state index >= 15 is 0 Å². The van der Waals surface area contributed by atoms with Gasteiger partial charge in [0.15, 0.2) is 0 Å². The molecular weight excluding hydrogens is 218 g/mol. The number of hydrogen-bond donors (Lipinski definition) is 1. The number of benzene rings is 1. The lowest BCUT2D eigenvalue weighted by molar-refractivity contribution is 1.02. The molecule has 16 heavy (non-hydrogen) atoms. The van der Waals surface area contributed by atoms with E-state index in [1.807, 2.05) is 13.0 Å². The van der Waals surface area contributed by atoms with Crippen molar-refractivity contribution in [1.29, 1.82) is 0 Å². The molecule has 0 unspecified atom stereocenters. The standard InChI is InChI=1S/C12H13N3S/c1-8-3-5-10(6-4-8)16-11-7-9(2)14-12(13)15-11/h3-7H,1-2H3,(H2,13,14,15). The minimum atomic E-state index is 0.328. The Morgan fingerprint density at radius 1 is 1.06 bits per heavy atom. The normalized spacial score (nSPS) is 10.4. The van der Waals surface area contributed by atoms with Gasteiger partial charge >= 0.3 is 0 Å². The Labute approximate surface area is 99.1 Å². The zero-order valence-electron chi connectivity index (χ0n) is 9.27. The van der Waals surface area contributed by atoms with Crippen molar-refractivity contribution >= 4 is 17.7 Å². The molecule has 0 saturated heterocycles. The van der Waals surface area contributed by atoms with Crippen LogP contribution in [-0.4, -0.2) is 9.97 Å². The Kier molecular flexibility index (Phi) is 3.10. The molecule has 0 saturated carbocycles. The molecule has 3 nitrogen and oxygen atoms in total. The first-order valence-corrected chi connectivity index (χ1v) is 5.81. The summed E-state index contributed by atoms with van der Waals surface area (Å²) in [6.07, 6.45) is 0. The van der Waals surface area contributed by atoms with Crippen molar-refractivity contribution < 1.29 is 0 Å². The van der Waals surface area contributed by atoms with Crippen LogP contribution in [0, 0.1) is 13.8 Å². The maximum absolute atomic E-state index is 5.60. The third-order valence-electron chi connectivity index (χ3n) is 2.09. The van der Waals surface area contributed by atoms with Gasteiger partial charge < -0.3 is 5.73 Å². The van der Waals surface area contributed by atoms with E-state index in [0.717, 1.165) is 15.6 Å². The van der Waals surface area contributed by atoms with Gasteiger partial charge in [-0.3, -0.25) is 0 Å². The molecule has 0 bridgehead atoms. The Bertz CT molecular complexity index is 474. The van der Waals surface area contributed by atoms with Gasteiger partial charge in [-0.1, -0.05) is 29.5 Å². The Morgan fingerprint density at radius 2 is 1.75 bits per heavy atom. The molecule has 0 atom stereocenters. The molecule has 4 heteroatoms. The average molecular weight is 231 g/mol. The zero-order valence-corrected chi connectivity index (χ0v) is 10.1. The molecule has 0 aliphatic carbocycles. The number of aromatic nitrogens is 2. The van der Waals surface area contributed by atoms with Gasteiger partial charge in [0.05, 0.1) is 0 Å². The number of nitrogens with two attached hydrogens (primary N) is 1. The smallest absolute Gasteiger partial charge is 0.221 e. The predicted molar refractivity (Wildman–Crippen MR) is 66.5 cm³/mol. The highest BCUT2D eigenvalue weighted by molar-refractivity contribution is 7.99. The minimum Gasteiger partial charge on any atom is -0.368 e. The van der Waals surface area contributed by atoms with E-state index in [2.05, 4.69) is 41.2 Å². The van der Waals surface area contributed by atoms with E-state index < -0.39 is 0 Å². The lowest BCUT2D eigenvalue weighted by atomic mass is 10.2. The van der Waals surface area contributed by atoms with Gasteiger partial charge in [0.25, 0.3) is 0 Å². The fourth-order valence-corrected chi connectivity index (χ4v) is 2.22. The fourth-order valence-electron chi connectivity index (χ4n) is 1.34. The summed E-state index contributed by atoms with van der Waals surface area (Å²) in [7, 11) is 0. The highest BCUT2D eigenvalue weighted by Gasteiger charge is 2.01. The van der Waals surface area contributed by atoms with E-state index in [0.29, 0.717) is 5.95 Å². The first kappa shape index (κ1) is 11.0. The molecule has 0 aliphatic heterocycles. The largest absolute Gasteiger partial charge is 0.368 e. The lowest BCUT2D eigenvalue weighted by Gasteiger charge is -2.03. The van der Waals surface area contributed by atoms with Crippen molar-refractivity contribution in [2.24, 2.45) is 0 Å². The predicted octanol–water partition coefficient (Wildman–Crippen LogP) is 2.83. The first-order chi connectivity index (χ1) is 7.63. The zero-order chi connectivity index (χ0) is 11.5. The highest BCUT2D eigenvalue weighted by atomic mass is 32.2. The quantitative estimate of drug-likeness (QED) is 0.807. The molecule has 0 aliphatic rings. The topological polar surface area (TPSA) is 51.8 Å². The third-order valence-corrected chi connectivity index (χ3v) is 3.02. The Hall–Kier alpha value is -1.55. The van der Waals surface area contributed by atoms with Gasteiger partial charge in [-0.2, -0.15) is 0 Å². The monoisotopic (exact) mass is 231 g/mol. The van der Waals surface area contributed by atoms with Crippen LogP contribution in [0.1, 0.15) is 11.3 Å². The summed E-state index contributed by atoms with van der Waals surface area (Å²) in [5.41, 5.74) is 7.75. The van der Waals surface area contributed by atoms with E-state index in [-0.39, 0.29) is 0 Å². The van der Waals surface area contributed by atoms with Crippen LogP contribution in [0.25, 0.3) is 0 Å². The molecule has 2 aromatic rings. The van der Waals surface area contributed by atoms with Crippen molar-refractivity contribution in [2.75, 3.05) is 5.73 Å². The van der Waals surface area contributed by atoms with Gasteiger partial charge in [-0.25, -0.2) is 9.97 Å². The summed E-state index contributed by atoms with van der Waals surface area (Å²) < 4.78 is 0. The maximum atomic E-state index is 5.60. The Balaban J connectivity index is 2.23. The van der Waals surface area contributed by atoms with E-state index in [4.69, 9.17) is 5.73 Å². The highest BCUT2D eigenvalue weighted by Crippen LogP contribution is 2.26. The molecule has 82 valence electrons. The van der Waals surface area contributed by atoms with Crippen LogP contribution in [0.4, 0.5) is 5.95 Å². The lowest BCUT2D eigenvalue weighted by Crippen LogP contribution is -1.97. The first-order valence-electron chi connectivity index (χ1n) is 4.99. The van der Waals surface area contributed by atoms with Gasteiger partial charge in [0.1, 0.15) is 5.03 Å². The second kappa shape index (κ2) is 4.53. The van der Waals surface area contributed by atoms with E-state index in [1.165, 1.54) is 5.56 Å². The van der Waals surface area contributed by atoms with Crippen LogP contribution in [0.5, 0.6) is 0 Å². The number of hydrogen-bond acceptors (Lipinski definition) is 4. The molecule has 0 amide bonds. The Morgan fingerprint density at radius 3 is 2.38 bits per heavy atom. The molecular formula is C12H13N3S. The third kappa shape index (κ3) is 2.73. The van der Waals surface area contributed by atoms with Crippen LogP contribution in [0.15, 0.2) is 40.3 Å². The number of rotatable bonds is 2. The second-order valence-electron chi connectivity index (χ2n) is 3.62. The molecule has 1 heterocycles. The van der Waals surface area contributed by atoms with Crippen molar-refractivity contribution in [3.8, 4) is 0 Å². The number of anilines is 1.